The number of rotatable bonds is 5. The highest BCUT2D eigenvalue weighted by molar-refractivity contribution is 5.91. The third-order valence-corrected chi connectivity index (χ3v) is 5.55. The Bertz CT molecular complexity index is 619. The second-order valence-electron chi connectivity index (χ2n) is 6.77. The van der Waals surface area contributed by atoms with E-state index in [9.17, 15) is 15.0 Å². The largest absolute Gasteiger partial charge is 0.496 e. The molecule has 0 unspecified atom stereocenters. The van der Waals surface area contributed by atoms with E-state index in [4.69, 9.17) is 9.47 Å². The third kappa shape index (κ3) is 3.01. The van der Waals surface area contributed by atoms with Crippen molar-refractivity contribution in [1.29, 1.82) is 0 Å². The van der Waals surface area contributed by atoms with Crippen LogP contribution in [0.25, 0.3) is 0 Å². The van der Waals surface area contributed by atoms with Crippen molar-refractivity contribution >= 4 is 5.97 Å². The van der Waals surface area contributed by atoms with Gasteiger partial charge in [-0.3, -0.25) is 4.90 Å². The van der Waals surface area contributed by atoms with Crippen LogP contribution in [-0.4, -0.2) is 59.6 Å². The van der Waals surface area contributed by atoms with Gasteiger partial charge in [-0.25, -0.2) is 4.79 Å². The van der Waals surface area contributed by atoms with Crippen LogP contribution in [0, 0.1) is 0 Å². The van der Waals surface area contributed by atoms with E-state index in [1.165, 1.54) is 7.11 Å². The fourth-order valence-electron chi connectivity index (χ4n) is 4.21. The fraction of sp³-hybridized carbons (Fsp3) is 0.611. The molecule has 24 heavy (non-hydrogen) atoms. The molecule has 0 bridgehead atoms. The molecular weight excluding hydrogens is 310 g/mol. The summed E-state index contributed by atoms with van der Waals surface area (Å²) in [7, 11) is 3.22. The zero-order valence-electron chi connectivity index (χ0n) is 14.2. The lowest BCUT2D eigenvalue weighted by Gasteiger charge is -2.42. The molecule has 1 saturated carbocycles. The predicted molar refractivity (Wildman–Crippen MR) is 88.4 cm³/mol. The SMILES string of the molecule is COc1ccc(CN2CC[C@]3(OC)CC[C@@H](O)C[C@H]23)cc1C(=O)O. The second kappa shape index (κ2) is 6.70. The summed E-state index contributed by atoms with van der Waals surface area (Å²) < 4.78 is 11.0. The molecule has 0 amide bonds. The van der Waals surface area contributed by atoms with Crippen LogP contribution in [0.3, 0.4) is 0 Å². The van der Waals surface area contributed by atoms with Crippen molar-refractivity contribution in [1.82, 2.24) is 4.90 Å². The summed E-state index contributed by atoms with van der Waals surface area (Å²) in [6, 6.07) is 5.44. The first-order valence-electron chi connectivity index (χ1n) is 8.36. The molecule has 1 aliphatic carbocycles. The fourth-order valence-corrected chi connectivity index (χ4v) is 4.21. The normalized spacial score (nSPS) is 30.1. The van der Waals surface area contributed by atoms with Crippen LogP contribution in [0.5, 0.6) is 5.75 Å². The Morgan fingerprint density at radius 1 is 1.38 bits per heavy atom. The summed E-state index contributed by atoms with van der Waals surface area (Å²) in [5.74, 6) is -0.624. The Kier molecular flexibility index (Phi) is 4.80. The molecule has 2 aliphatic rings. The molecular formula is C18H25NO5. The van der Waals surface area contributed by atoms with Gasteiger partial charge >= 0.3 is 5.97 Å². The van der Waals surface area contributed by atoms with Crippen LogP contribution >= 0.6 is 0 Å². The molecule has 2 fully saturated rings. The number of carboxylic acids is 1. The average molecular weight is 335 g/mol. The number of aliphatic hydroxyl groups is 1. The summed E-state index contributed by atoms with van der Waals surface area (Å²) in [4.78, 5) is 13.7. The molecule has 1 aromatic rings. The zero-order valence-corrected chi connectivity index (χ0v) is 14.2. The number of carbonyl (C=O) groups is 1. The number of hydrogen-bond donors (Lipinski definition) is 2. The first kappa shape index (κ1) is 17.2. The number of nitrogens with zero attached hydrogens (tertiary/aromatic N) is 1. The highest BCUT2D eigenvalue weighted by Gasteiger charge is 2.50. The van der Waals surface area contributed by atoms with Crippen LogP contribution in [0.2, 0.25) is 0 Å². The topological polar surface area (TPSA) is 79.2 Å². The Morgan fingerprint density at radius 2 is 2.17 bits per heavy atom. The lowest BCUT2D eigenvalue weighted by atomic mass is 9.79. The van der Waals surface area contributed by atoms with Crippen molar-refractivity contribution in [3.8, 4) is 5.75 Å². The Labute approximate surface area is 142 Å². The molecule has 6 heteroatoms. The van der Waals surface area contributed by atoms with Gasteiger partial charge in [-0.05, 0) is 43.4 Å². The van der Waals surface area contributed by atoms with Gasteiger partial charge in [0, 0.05) is 26.2 Å². The third-order valence-electron chi connectivity index (χ3n) is 5.55. The number of fused-ring (bicyclic) bond motifs is 1. The van der Waals surface area contributed by atoms with Crippen LogP contribution in [0.4, 0.5) is 0 Å². The van der Waals surface area contributed by atoms with Gasteiger partial charge < -0.3 is 19.7 Å². The van der Waals surface area contributed by atoms with E-state index in [0.717, 1.165) is 31.4 Å². The van der Waals surface area contributed by atoms with Gasteiger partial charge in [0.05, 0.1) is 18.8 Å². The molecule has 6 nitrogen and oxygen atoms in total. The van der Waals surface area contributed by atoms with Gasteiger partial charge in [0.2, 0.25) is 0 Å². The quantitative estimate of drug-likeness (QED) is 0.855. The number of methoxy groups -OCH3 is 2. The minimum Gasteiger partial charge on any atom is -0.496 e. The number of aliphatic hydroxyl groups excluding tert-OH is 1. The van der Waals surface area contributed by atoms with Crippen molar-refractivity contribution in [3.05, 3.63) is 29.3 Å². The van der Waals surface area contributed by atoms with Crippen molar-refractivity contribution in [3.63, 3.8) is 0 Å². The maximum absolute atomic E-state index is 11.4. The van der Waals surface area contributed by atoms with E-state index in [1.807, 2.05) is 6.07 Å². The smallest absolute Gasteiger partial charge is 0.339 e. The van der Waals surface area contributed by atoms with Gasteiger partial charge in [0.15, 0.2) is 0 Å². The maximum atomic E-state index is 11.4. The molecule has 3 rings (SSSR count). The standard InChI is InChI=1S/C18H25NO5/c1-23-15-4-3-12(9-14(15)17(21)22)11-19-8-7-18(24-2)6-5-13(20)10-16(18)19/h3-4,9,13,16,20H,5-8,10-11H2,1-2H3,(H,21,22)/t13-,16+,18-/m1/s1. The van der Waals surface area contributed by atoms with Crippen LogP contribution < -0.4 is 4.74 Å². The van der Waals surface area contributed by atoms with Gasteiger partial charge in [0.25, 0.3) is 0 Å². The van der Waals surface area contributed by atoms with Crippen LogP contribution in [0.1, 0.15) is 41.6 Å². The van der Waals surface area contributed by atoms with E-state index >= 15 is 0 Å². The number of ether oxygens (including phenoxy) is 2. The van der Waals surface area contributed by atoms with E-state index in [-0.39, 0.29) is 23.3 Å². The van der Waals surface area contributed by atoms with Gasteiger partial charge in [-0.2, -0.15) is 0 Å². The van der Waals surface area contributed by atoms with Gasteiger partial charge in [-0.1, -0.05) is 6.07 Å². The molecule has 1 heterocycles. The van der Waals surface area contributed by atoms with E-state index in [0.29, 0.717) is 18.7 Å². The molecule has 1 aliphatic heterocycles. The highest BCUT2D eigenvalue weighted by atomic mass is 16.5. The summed E-state index contributed by atoms with van der Waals surface area (Å²) in [5.41, 5.74) is 0.928. The minimum absolute atomic E-state index is 0.168. The molecule has 1 saturated heterocycles. The van der Waals surface area contributed by atoms with Crippen molar-refractivity contribution in [2.75, 3.05) is 20.8 Å². The summed E-state index contributed by atoms with van der Waals surface area (Å²) in [6.45, 7) is 1.53. The molecule has 2 N–H and O–H groups in total. The molecule has 0 radical (unpaired) electrons. The summed E-state index contributed by atoms with van der Waals surface area (Å²) >= 11 is 0. The van der Waals surface area contributed by atoms with E-state index in [1.54, 1.807) is 19.2 Å². The van der Waals surface area contributed by atoms with Crippen molar-refractivity contribution in [2.45, 2.75) is 50.0 Å². The molecule has 1 aromatic carbocycles. The number of likely N-dealkylation sites (tertiary alicyclic amines) is 1. The first-order chi connectivity index (χ1) is 11.5. The monoisotopic (exact) mass is 335 g/mol. The van der Waals surface area contributed by atoms with Crippen molar-refractivity contribution in [2.24, 2.45) is 0 Å². The minimum atomic E-state index is -0.991. The number of aromatic carboxylic acids is 1. The lowest BCUT2D eigenvalue weighted by molar-refractivity contribution is -0.0879. The average Bonchev–Trinajstić information content (AvgIpc) is 2.93. The molecule has 3 atom stereocenters. The first-order valence-corrected chi connectivity index (χ1v) is 8.36. The zero-order chi connectivity index (χ0) is 17.3. The Balaban J connectivity index is 1.81. The summed E-state index contributed by atoms with van der Waals surface area (Å²) in [6.07, 6.45) is 3.02. The molecule has 0 spiro atoms. The summed E-state index contributed by atoms with van der Waals surface area (Å²) in [5, 5.41) is 19.4. The Morgan fingerprint density at radius 3 is 2.83 bits per heavy atom. The van der Waals surface area contributed by atoms with Gasteiger partial charge in [0.1, 0.15) is 11.3 Å². The van der Waals surface area contributed by atoms with Crippen LogP contribution in [-0.2, 0) is 11.3 Å². The number of benzene rings is 1. The van der Waals surface area contributed by atoms with Crippen molar-refractivity contribution < 1.29 is 24.5 Å². The van der Waals surface area contributed by atoms with E-state index < -0.39 is 5.97 Å². The molecule has 132 valence electrons. The number of carboxylic acid groups (broad SMARTS) is 1. The highest BCUT2D eigenvalue weighted by Crippen LogP contribution is 2.43. The second-order valence-corrected chi connectivity index (χ2v) is 6.77. The van der Waals surface area contributed by atoms with E-state index in [2.05, 4.69) is 4.90 Å². The van der Waals surface area contributed by atoms with Gasteiger partial charge in [-0.15, -0.1) is 0 Å². The maximum Gasteiger partial charge on any atom is 0.339 e. The Hall–Kier alpha value is -1.63. The van der Waals surface area contributed by atoms with Crippen LogP contribution in [0.15, 0.2) is 18.2 Å². The predicted octanol–water partition coefficient (Wildman–Crippen LogP) is 1.90. The molecule has 0 aromatic heterocycles. The number of hydrogen-bond acceptors (Lipinski definition) is 5. The lowest BCUT2D eigenvalue weighted by Crippen LogP contribution is -2.51.